The van der Waals surface area contributed by atoms with E-state index in [-0.39, 0.29) is 12.3 Å². The predicted octanol–water partition coefficient (Wildman–Crippen LogP) is 6.67. The van der Waals surface area contributed by atoms with Crippen LogP contribution in [0.1, 0.15) is 36.9 Å². The Morgan fingerprint density at radius 3 is 2.38 bits per heavy atom. The number of amides is 1. The molecule has 7 nitrogen and oxygen atoms in total. The van der Waals surface area contributed by atoms with Gasteiger partial charge in [-0.1, -0.05) is 79.3 Å². The van der Waals surface area contributed by atoms with Gasteiger partial charge < -0.3 is 19.3 Å². The first kappa shape index (κ1) is 27.3. The topological polar surface area (TPSA) is 71.4 Å². The number of esters is 1. The number of para-hydroxylation sites is 1. The number of rotatable bonds is 9. The molecule has 1 unspecified atom stereocenters. The van der Waals surface area contributed by atoms with E-state index >= 15 is 0 Å². The standard InChI is InChI=1S/C32H31N3O4S/c1-4-27-29(31(37)38-3)30(23-14-11-17-26(18-23)39-25-15-9-6-10-16-25)35-24(21-40-32(35)33-27)19-28(36)34(2)20-22-12-7-5-8-13-22/h5-18,21,30H,4,19-20H2,1-3H3. The van der Waals surface area contributed by atoms with Gasteiger partial charge in [-0.15, -0.1) is 0 Å². The third-order valence-corrected chi connectivity index (χ3v) is 7.69. The summed E-state index contributed by atoms with van der Waals surface area (Å²) < 4.78 is 11.4. The van der Waals surface area contributed by atoms with E-state index in [0.717, 1.165) is 22.0 Å². The molecule has 0 aliphatic carbocycles. The third-order valence-electron chi connectivity index (χ3n) is 6.80. The fourth-order valence-corrected chi connectivity index (χ4v) is 5.77. The molecular formula is C32H31N3O4S. The number of fused-ring (bicyclic) bond motifs is 1. The van der Waals surface area contributed by atoms with Crippen molar-refractivity contribution in [3.05, 3.63) is 118 Å². The van der Waals surface area contributed by atoms with Crippen molar-refractivity contribution < 1.29 is 19.1 Å². The molecule has 2 heterocycles. The summed E-state index contributed by atoms with van der Waals surface area (Å²) in [6.07, 6.45) is 0.731. The summed E-state index contributed by atoms with van der Waals surface area (Å²) in [6.45, 7) is 2.48. The first-order valence-corrected chi connectivity index (χ1v) is 14.0. The lowest BCUT2D eigenvalue weighted by atomic mass is 9.92. The quantitative estimate of drug-likeness (QED) is 0.276. The monoisotopic (exact) mass is 553 g/mol. The summed E-state index contributed by atoms with van der Waals surface area (Å²) in [5.41, 5.74) is 3.82. The minimum Gasteiger partial charge on any atom is -0.466 e. The summed E-state index contributed by atoms with van der Waals surface area (Å²) in [5, 5.41) is 2.69. The van der Waals surface area contributed by atoms with Crippen molar-refractivity contribution in [2.24, 2.45) is 4.99 Å². The number of carbonyl (C=O) groups excluding carboxylic acids is 2. The Kier molecular flexibility index (Phi) is 8.36. The van der Waals surface area contributed by atoms with Crippen molar-refractivity contribution in [2.75, 3.05) is 14.2 Å². The van der Waals surface area contributed by atoms with Crippen molar-refractivity contribution in [3.8, 4) is 11.5 Å². The highest BCUT2D eigenvalue weighted by atomic mass is 32.2. The molecule has 0 saturated carbocycles. The Morgan fingerprint density at radius 1 is 0.975 bits per heavy atom. The fourth-order valence-electron chi connectivity index (χ4n) is 4.84. The van der Waals surface area contributed by atoms with E-state index in [0.29, 0.717) is 35.7 Å². The van der Waals surface area contributed by atoms with E-state index in [1.807, 2.05) is 102 Å². The molecule has 1 amide bonds. The molecule has 5 rings (SSSR count). The van der Waals surface area contributed by atoms with Gasteiger partial charge in [0.1, 0.15) is 11.5 Å². The molecule has 3 aromatic rings. The van der Waals surface area contributed by atoms with Crippen LogP contribution in [0, 0.1) is 0 Å². The molecule has 0 radical (unpaired) electrons. The molecule has 3 aromatic carbocycles. The fraction of sp³-hybridized carbons (Fsp3) is 0.219. The van der Waals surface area contributed by atoms with Crippen LogP contribution in [-0.2, 0) is 20.9 Å². The molecule has 0 bridgehead atoms. The number of amidine groups is 1. The maximum Gasteiger partial charge on any atom is 0.338 e. The van der Waals surface area contributed by atoms with E-state index < -0.39 is 12.0 Å². The molecule has 40 heavy (non-hydrogen) atoms. The molecule has 2 aliphatic heterocycles. The van der Waals surface area contributed by atoms with Crippen LogP contribution in [0.5, 0.6) is 11.5 Å². The van der Waals surface area contributed by atoms with Crippen LogP contribution in [-0.4, -0.2) is 41.0 Å². The molecule has 8 heteroatoms. The predicted molar refractivity (Wildman–Crippen MR) is 158 cm³/mol. The van der Waals surface area contributed by atoms with Crippen LogP contribution < -0.4 is 4.74 Å². The first-order valence-electron chi connectivity index (χ1n) is 13.1. The lowest BCUT2D eigenvalue weighted by Gasteiger charge is -2.37. The van der Waals surface area contributed by atoms with Gasteiger partial charge in [-0.3, -0.25) is 4.79 Å². The average molecular weight is 554 g/mol. The molecular weight excluding hydrogens is 522 g/mol. The van der Waals surface area contributed by atoms with Gasteiger partial charge in [-0.25, -0.2) is 9.79 Å². The van der Waals surface area contributed by atoms with Crippen LogP contribution in [0.4, 0.5) is 0 Å². The number of hydrogen-bond acceptors (Lipinski definition) is 7. The van der Waals surface area contributed by atoms with Gasteiger partial charge in [0.05, 0.1) is 30.8 Å². The highest BCUT2D eigenvalue weighted by molar-refractivity contribution is 8.16. The van der Waals surface area contributed by atoms with E-state index in [1.165, 1.54) is 18.9 Å². The largest absolute Gasteiger partial charge is 0.466 e. The zero-order chi connectivity index (χ0) is 28.1. The van der Waals surface area contributed by atoms with Crippen molar-refractivity contribution >= 4 is 28.8 Å². The lowest BCUT2D eigenvalue weighted by Crippen LogP contribution is -2.38. The van der Waals surface area contributed by atoms with Gasteiger partial charge in [0.2, 0.25) is 5.91 Å². The Morgan fingerprint density at radius 2 is 1.68 bits per heavy atom. The number of carbonyl (C=O) groups is 2. The van der Waals surface area contributed by atoms with E-state index in [1.54, 1.807) is 11.9 Å². The van der Waals surface area contributed by atoms with Gasteiger partial charge in [0.25, 0.3) is 0 Å². The smallest absolute Gasteiger partial charge is 0.338 e. The second-order valence-electron chi connectivity index (χ2n) is 9.50. The Balaban J connectivity index is 1.47. The second kappa shape index (κ2) is 12.3. The zero-order valence-electron chi connectivity index (χ0n) is 22.7. The van der Waals surface area contributed by atoms with Crippen LogP contribution >= 0.6 is 11.8 Å². The van der Waals surface area contributed by atoms with Gasteiger partial charge in [0, 0.05) is 19.3 Å². The maximum absolute atomic E-state index is 13.4. The van der Waals surface area contributed by atoms with Crippen LogP contribution in [0.2, 0.25) is 0 Å². The van der Waals surface area contributed by atoms with Crippen molar-refractivity contribution in [1.82, 2.24) is 9.80 Å². The zero-order valence-corrected chi connectivity index (χ0v) is 23.6. The van der Waals surface area contributed by atoms with Crippen molar-refractivity contribution in [3.63, 3.8) is 0 Å². The van der Waals surface area contributed by atoms with Gasteiger partial charge >= 0.3 is 5.97 Å². The summed E-state index contributed by atoms with van der Waals surface area (Å²) in [4.78, 5) is 35.1. The average Bonchev–Trinajstić information content (AvgIpc) is 3.38. The van der Waals surface area contributed by atoms with E-state index in [2.05, 4.69) is 0 Å². The summed E-state index contributed by atoms with van der Waals surface area (Å²) in [5.74, 6) is 0.892. The highest BCUT2D eigenvalue weighted by Crippen LogP contribution is 2.46. The number of allylic oxidation sites excluding steroid dienone is 1. The minimum absolute atomic E-state index is 0.0262. The van der Waals surface area contributed by atoms with Crippen LogP contribution in [0.3, 0.4) is 0 Å². The van der Waals surface area contributed by atoms with Crippen molar-refractivity contribution in [2.45, 2.75) is 32.4 Å². The number of thioether (sulfide) groups is 1. The molecule has 0 spiro atoms. The summed E-state index contributed by atoms with van der Waals surface area (Å²) in [6, 6.07) is 26.6. The highest BCUT2D eigenvalue weighted by Gasteiger charge is 2.41. The molecule has 204 valence electrons. The Labute approximate surface area is 238 Å². The lowest BCUT2D eigenvalue weighted by molar-refractivity contribution is -0.136. The SMILES string of the molecule is CCC1=C(C(=O)OC)C(c2cccc(Oc3ccccc3)c2)N2C(CC(=O)N(C)Cc3ccccc3)=CSC2=N1. The molecule has 0 fully saturated rings. The number of aliphatic imine (C=N–C) groups is 1. The molecule has 0 aromatic heterocycles. The normalized spacial score (nSPS) is 16.2. The Bertz CT molecular complexity index is 1480. The number of nitrogens with zero attached hydrogens (tertiary/aromatic N) is 3. The number of ether oxygens (including phenoxy) is 2. The number of hydrogen-bond donors (Lipinski definition) is 0. The summed E-state index contributed by atoms with van der Waals surface area (Å²) in [7, 11) is 3.19. The minimum atomic E-state index is -0.525. The van der Waals surface area contributed by atoms with Crippen molar-refractivity contribution in [1.29, 1.82) is 0 Å². The Hall–Kier alpha value is -4.30. The maximum atomic E-state index is 13.4. The van der Waals surface area contributed by atoms with Crippen LogP contribution in [0.15, 0.2) is 112 Å². The molecule has 0 N–H and O–H groups in total. The third kappa shape index (κ3) is 5.82. The van der Waals surface area contributed by atoms with Gasteiger partial charge in [-0.05, 0) is 47.2 Å². The second-order valence-corrected chi connectivity index (χ2v) is 10.3. The number of benzene rings is 3. The first-order chi connectivity index (χ1) is 19.5. The van der Waals surface area contributed by atoms with Crippen LogP contribution in [0.25, 0.3) is 0 Å². The molecule has 2 aliphatic rings. The van der Waals surface area contributed by atoms with Gasteiger partial charge in [-0.2, -0.15) is 0 Å². The van der Waals surface area contributed by atoms with E-state index in [9.17, 15) is 9.59 Å². The van der Waals surface area contributed by atoms with E-state index in [4.69, 9.17) is 14.5 Å². The van der Waals surface area contributed by atoms with Gasteiger partial charge in [0.15, 0.2) is 5.17 Å². The summed E-state index contributed by atoms with van der Waals surface area (Å²) >= 11 is 1.46. The molecule has 0 saturated heterocycles. The number of methoxy groups -OCH3 is 1. The molecule has 1 atom stereocenters.